The number of rotatable bonds is 4. The van der Waals surface area contributed by atoms with Gasteiger partial charge < -0.3 is 4.42 Å². The molecule has 0 spiro atoms. The predicted octanol–water partition coefficient (Wildman–Crippen LogP) is 2.66. The summed E-state index contributed by atoms with van der Waals surface area (Å²) in [7, 11) is 0. The molecule has 1 heterocycles. The van der Waals surface area contributed by atoms with Crippen LogP contribution in [0.4, 0.5) is 0 Å². The van der Waals surface area contributed by atoms with Crippen LogP contribution in [0.3, 0.4) is 0 Å². The van der Waals surface area contributed by atoms with Crippen LogP contribution < -0.4 is 0 Å². The highest BCUT2D eigenvalue weighted by atomic mass is 32.2. The van der Waals surface area contributed by atoms with Crippen molar-refractivity contribution in [3.8, 4) is 6.07 Å². The molecule has 1 unspecified atom stereocenters. The Balaban J connectivity index is 2.02. The van der Waals surface area contributed by atoms with Crippen molar-refractivity contribution in [1.82, 2.24) is 10.2 Å². The van der Waals surface area contributed by atoms with Crippen LogP contribution in [-0.2, 0) is 6.42 Å². The van der Waals surface area contributed by atoms with E-state index in [1.807, 2.05) is 30.3 Å². The molecular formula is C12H11N3OS. The van der Waals surface area contributed by atoms with Gasteiger partial charge in [-0.05, 0) is 24.2 Å². The molecule has 0 fully saturated rings. The molecule has 1 aromatic heterocycles. The average Bonchev–Trinajstić information content (AvgIpc) is 2.77. The Kier molecular flexibility index (Phi) is 3.78. The second kappa shape index (κ2) is 5.51. The van der Waals surface area contributed by atoms with Crippen molar-refractivity contribution in [3.05, 3.63) is 41.8 Å². The fourth-order valence-electron chi connectivity index (χ4n) is 1.31. The van der Waals surface area contributed by atoms with Crippen LogP contribution in [0.1, 0.15) is 18.4 Å². The fraction of sp³-hybridized carbons (Fsp3) is 0.250. The Morgan fingerprint density at radius 3 is 2.82 bits per heavy atom. The van der Waals surface area contributed by atoms with Gasteiger partial charge in [-0.1, -0.05) is 30.3 Å². The maximum atomic E-state index is 8.68. The molecule has 0 radical (unpaired) electrons. The van der Waals surface area contributed by atoms with Gasteiger partial charge in [0.15, 0.2) is 0 Å². The minimum absolute atomic E-state index is 0.181. The van der Waals surface area contributed by atoms with E-state index in [1.54, 1.807) is 6.92 Å². The molecule has 1 aromatic carbocycles. The van der Waals surface area contributed by atoms with Gasteiger partial charge >= 0.3 is 0 Å². The van der Waals surface area contributed by atoms with Gasteiger partial charge in [0.2, 0.25) is 5.89 Å². The van der Waals surface area contributed by atoms with E-state index < -0.39 is 0 Å². The molecule has 2 rings (SSSR count). The standard InChI is InChI=1S/C12H11N3OS/c1-9(8-13)17-12-15-14-11(16-12)7-10-5-3-2-4-6-10/h2-6,9H,7H2,1H3. The molecule has 0 aliphatic rings. The highest BCUT2D eigenvalue weighted by Crippen LogP contribution is 2.21. The van der Waals surface area contributed by atoms with E-state index in [1.165, 1.54) is 11.8 Å². The molecule has 0 aliphatic heterocycles. The van der Waals surface area contributed by atoms with Crippen molar-refractivity contribution >= 4 is 11.8 Å². The highest BCUT2D eigenvalue weighted by Gasteiger charge is 2.10. The number of hydrogen-bond acceptors (Lipinski definition) is 5. The Labute approximate surface area is 104 Å². The summed E-state index contributed by atoms with van der Waals surface area (Å²) in [5, 5.41) is 16.8. The molecule has 17 heavy (non-hydrogen) atoms. The first-order valence-electron chi connectivity index (χ1n) is 5.20. The lowest BCUT2D eigenvalue weighted by Gasteiger charge is -1.96. The lowest BCUT2D eigenvalue weighted by atomic mass is 10.2. The zero-order chi connectivity index (χ0) is 12.1. The number of hydrogen-bond donors (Lipinski definition) is 0. The number of thioether (sulfide) groups is 1. The van der Waals surface area contributed by atoms with E-state index in [9.17, 15) is 0 Å². The van der Waals surface area contributed by atoms with Crippen molar-refractivity contribution < 1.29 is 4.42 Å². The van der Waals surface area contributed by atoms with Gasteiger partial charge in [0.1, 0.15) is 0 Å². The molecule has 86 valence electrons. The smallest absolute Gasteiger partial charge is 0.277 e. The Hall–Kier alpha value is -1.80. The largest absolute Gasteiger partial charge is 0.416 e. The van der Waals surface area contributed by atoms with Crippen molar-refractivity contribution in [3.63, 3.8) is 0 Å². The topological polar surface area (TPSA) is 62.7 Å². The number of nitrogens with zero attached hydrogens (tertiary/aromatic N) is 3. The van der Waals surface area contributed by atoms with Gasteiger partial charge in [0.05, 0.1) is 17.7 Å². The molecule has 0 saturated heterocycles. The average molecular weight is 245 g/mol. The molecule has 2 aromatic rings. The lowest BCUT2D eigenvalue weighted by molar-refractivity contribution is 0.420. The van der Waals surface area contributed by atoms with Crippen LogP contribution in [0.2, 0.25) is 0 Å². The zero-order valence-corrected chi connectivity index (χ0v) is 10.1. The van der Waals surface area contributed by atoms with Crippen LogP contribution in [0, 0.1) is 11.3 Å². The van der Waals surface area contributed by atoms with E-state index >= 15 is 0 Å². The second-order valence-electron chi connectivity index (χ2n) is 3.51. The van der Waals surface area contributed by atoms with Gasteiger partial charge in [-0.3, -0.25) is 0 Å². The first-order valence-corrected chi connectivity index (χ1v) is 6.08. The molecule has 0 aliphatic carbocycles. The van der Waals surface area contributed by atoms with Crippen molar-refractivity contribution in [2.75, 3.05) is 0 Å². The SMILES string of the molecule is CC(C#N)Sc1nnc(Cc2ccccc2)o1. The molecule has 0 N–H and O–H groups in total. The third-order valence-electron chi connectivity index (χ3n) is 2.11. The predicted molar refractivity (Wildman–Crippen MR) is 64.5 cm³/mol. The van der Waals surface area contributed by atoms with E-state index in [0.29, 0.717) is 17.5 Å². The number of nitriles is 1. The summed E-state index contributed by atoms with van der Waals surface area (Å²) in [6.45, 7) is 1.80. The highest BCUT2D eigenvalue weighted by molar-refractivity contribution is 7.99. The van der Waals surface area contributed by atoms with Crippen LogP contribution in [-0.4, -0.2) is 15.4 Å². The van der Waals surface area contributed by atoms with Crippen LogP contribution in [0.5, 0.6) is 0 Å². The number of benzene rings is 1. The summed E-state index contributed by atoms with van der Waals surface area (Å²) in [6.07, 6.45) is 0.620. The molecule has 0 amide bonds. The summed E-state index contributed by atoms with van der Waals surface area (Å²) in [6, 6.07) is 12.0. The summed E-state index contributed by atoms with van der Waals surface area (Å²) in [5.41, 5.74) is 1.13. The minimum Gasteiger partial charge on any atom is -0.416 e. The first-order chi connectivity index (χ1) is 8.28. The molecular weight excluding hydrogens is 234 g/mol. The van der Waals surface area contributed by atoms with Crippen LogP contribution in [0.15, 0.2) is 40.0 Å². The van der Waals surface area contributed by atoms with Gasteiger partial charge in [0, 0.05) is 0 Å². The van der Waals surface area contributed by atoms with E-state index in [-0.39, 0.29) is 5.25 Å². The van der Waals surface area contributed by atoms with Crippen molar-refractivity contribution in [1.29, 1.82) is 5.26 Å². The van der Waals surface area contributed by atoms with E-state index in [0.717, 1.165) is 5.56 Å². The molecule has 5 heteroatoms. The third kappa shape index (κ3) is 3.33. The second-order valence-corrected chi connectivity index (χ2v) is 4.81. The van der Waals surface area contributed by atoms with Gasteiger partial charge in [0.25, 0.3) is 5.22 Å². The van der Waals surface area contributed by atoms with E-state index in [2.05, 4.69) is 16.3 Å². The summed E-state index contributed by atoms with van der Waals surface area (Å²) < 4.78 is 5.45. The van der Waals surface area contributed by atoms with Gasteiger partial charge in [-0.25, -0.2) is 0 Å². The molecule has 0 bridgehead atoms. The summed E-state index contributed by atoms with van der Waals surface area (Å²) >= 11 is 1.27. The van der Waals surface area contributed by atoms with Crippen molar-refractivity contribution in [2.45, 2.75) is 23.8 Å². The lowest BCUT2D eigenvalue weighted by Crippen LogP contribution is -1.88. The zero-order valence-electron chi connectivity index (χ0n) is 9.33. The number of aromatic nitrogens is 2. The maximum Gasteiger partial charge on any atom is 0.277 e. The maximum absolute atomic E-state index is 8.68. The minimum atomic E-state index is -0.181. The third-order valence-corrected chi connectivity index (χ3v) is 2.93. The van der Waals surface area contributed by atoms with Crippen LogP contribution in [0.25, 0.3) is 0 Å². The van der Waals surface area contributed by atoms with Crippen molar-refractivity contribution in [2.24, 2.45) is 0 Å². The van der Waals surface area contributed by atoms with E-state index in [4.69, 9.17) is 9.68 Å². The van der Waals surface area contributed by atoms with Gasteiger partial charge in [-0.2, -0.15) is 5.26 Å². The first kappa shape index (κ1) is 11.7. The monoisotopic (exact) mass is 245 g/mol. The van der Waals surface area contributed by atoms with Gasteiger partial charge in [-0.15, -0.1) is 10.2 Å². The Morgan fingerprint density at radius 2 is 2.12 bits per heavy atom. The summed E-state index contributed by atoms with van der Waals surface area (Å²) in [5.74, 6) is 0.573. The fourth-order valence-corrected chi connectivity index (χ4v) is 1.89. The molecule has 0 saturated carbocycles. The molecule has 1 atom stereocenters. The Bertz CT molecular complexity index is 518. The quantitative estimate of drug-likeness (QED) is 0.775. The van der Waals surface area contributed by atoms with Crippen LogP contribution >= 0.6 is 11.8 Å². The normalized spacial score (nSPS) is 12.0. The summed E-state index contributed by atoms with van der Waals surface area (Å²) in [4.78, 5) is 0. The Morgan fingerprint density at radius 1 is 1.35 bits per heavy atom. The molecule has 4 nitrogen and oxygen atoms in total.